The molecule has 4 atom stereocenters. The summed E-state index contributed by atoms with van der Waals surface area (Å²) >= 11 is 0. The molecule has 2 N–H and O–H groups in total. The van der Waals surface area contributed by atoms with Crippen LogP contribution in [0.3, 0.4) is 0 Å². The van der Waals surface area contributed by atoms with Crippen LogP contribution in [0.2, 0.25) is 0 Å². The number of amides is 4. The van der Waals surface area contributed by atoms with E-state index in [0.717, 1.165) is 100 Å². The van der Waals surface area contributed by atoms with Crippen LogP contribution in [0, 0.1) is 6.92 Å². The fourth-order valence-electron chi connectivity index (χ4n) is 13.3. The number of rotatable bonds is 10. The van der Waals surface area contributed by atoms with Crippen LogP contribution in [-0.4, -0.2) is 91.6 Å². The number of fused-ring (bicyclic) bond motifs is 4. The maximum absolute atomic E-state index is 14.3. The average molecular weight is 913 g/mol. The molecule has 3 fully saturated rings. The lowest BCUT2D eigenvalue weighted by atomic mass is 9.74. The SMILES string of the molecule is CNC(=O)C[C@@]1(C)C(=O)N(C2CCN([C@@]3(C)CCCc4cc(-c5ccc(CN6CCC(N7C(=O)C(CC8CNC(=O)O8)c8ccccc87)CC6)c6c(C)cccc56)ccc43)CC2)c2ccccc21. The van der Waals surface area contributed by atoms with Gasteiger partial charge in [-0.15, -0.1) is 0 Å². The van der Waals surface area contributed by atoms with Crippen LogP contribution in [0.15, 0.2) is 97.1 Å². The van der Waals surface area contributed by atoms with Gasteiger partial charge in [0, 0.05) is 81.6 Å². The summed E-state index contributed by atoms with van der Waals surface area (Å²) in [6, 6.07) is 35.1. The molecule has 2 unspecified atom stereocenters. The molecule has 68 heavy (non-hydrogen) atoms. The number of nitrogens with one attached hydrogen (secondary N) is 2. The molecule has 11 nitrogen and oxygen atoms in total. The normalized spacial score (nSPS) is 25.6. The molecule has 6 aliphatic rings. The van der Waals surface area contributed by atoms with Gasteiger partial charge in [-0.1, -0.05) is 84.9 Å². The molecule has 1 aliphatic carbocycles. The lowest BCUT2D eigenvalue weighted by molar-refractivity contribution is -0.129. The molecule has 0 aromatic heterocycles. The number of piperidine rings is 2. The van der Waals surface area contributed by atoms with Gasteiger partial charge in [0.1, 0.15) is 6.10 Å². The highest BCUT2D eigenvalue weighted by atomic mass is 16.6. The van der Waals surface area contributed by atoms with Crippen molar-refractivity contribution in [2.45, 2.75) is 120 Å². The van der Waals surface area contributed by atoms with Gasteiger partial charge in [0.05, 0.1) is 17.9 Å². The Kier molecular flexibility index (Phi) is 11.4. The smallest absolute Gasteiger partial charge is 0.407 e. The number of likely N-dealkylation sites (tertiary alicyclic amines) is 2. The molecular weight excluding hydrogens is 849 g/mol. The van der Waals surface area contributed by atoms with Crippen LogP contribution in [0.5, 0.6) is 0 Å². The fraction of sp³-hybridized carbons (Fsp3) is 0.439. The number of carbonyl (C=O) groups excluding carboxylic acids is 4. The van der Waals surface area contributed by atoms with Crippen molar-refractivity contribution < 1.29 is 23.9 Å². The van der Waals surface area contributed by atoms with Crippen molar-refractivity contribution in [3.05, 3.63) is 130 Å². The average Bonchev–Trinajstić information content (AvgIpc) is 3.97. The van der Waals surface area contributed by atoms with Gasteiger partial charge in [0.25, 0.3) is 0 Å². The summed E-state index contributed by atoms with van der Waals surface area (Å²) < 4.78 is 5.45. The number of nitrogens with zero attached hydrogens (tertiary/aromatic N) is 4. The molecule has 11 heteroatoms. The molecule has 0 saturated carbocycles. The summed E-state index contributed by atoms with van der Waals surface area (Å²) in [6.45, 7) is 11.5. The standard InChI is InChI=1S/C57H64N6O5/c1-36-11-9-14-45-43(20-18-39(52(36)45)35-60-27-22-40(23-28-60)62-49-16-7-5-13-44(49)46(53(62)65)32-42-34-59-55(67)68-42)37-19-21-47-38(31-37)12-10-26-57(47,3)61-29-24-41(25-30-61)63-50-17-8-6-15-48(50)56(2,54(63)66)33-51(64)58-4/h5-9,11,13-21,31,40-42,46H,10,12,22-30,32-35H2,1-4H3,(H,58,64)(H,59,67)/t42?,46?,56-,57+/m1/s1. The van der Waals surface area contributed by atoms with Crippen molar-refractivity contribution in [3.63, 3.8) is 0 Å². The van der Waals surface area contributed by atoms with Gasteiger partial charge < -0.3 is 25.2 Å². The van der Waals surface area contributed by atoms with E-state index >= 15 is 0 Å². The summed E-state index contributed by atoms with van der Waals surface area (Å²) in [4.78, 5) is 62.1. The molecule has 0 radical (unpaired) electrons. The number of carbonyl (C=O) groups is 4. The maximum atomic E-state index is 14.3. The topological polar surface area (TPSA) is 115 Å². The monoisotopic (exact) mass is 912 g/mol. The first kappa shape index (κ1) is 44.5. The third kappa shape index (κ3) is 7.48. The minimum atomic E-state index is -0.867. The summed E-state index contributed by atoms with van der Waals surface area (Å²) in [7, 11) is 1.64. The van der Waals surface area contributed by atoms with Crippen molar-refractivity contribution >= 4 is 46.0 Å². The molecule has 3 saturated heterocycles. The van der Waals surface area contributed by atoms with Gasteiger partial charge in [-0.2, -0.15) is 0 Å². The van der Waals surface area contributed by atoms with Gasteiger partial charge in [-0.05, 0) is 133 Å². The van der Waals surface area contributed by atoms with Crippen LogP contribution < -0.4 is 20.4 Å². The first-order valence-electron chi connectivity index (χ1n) is 25.1. The van der Waals surface area contributed by atoms with E-state index in [2.05, 4.69) is 106 Å². The van der Waals surface area contributed by atoms with E-state index in [4.69, 9.17) is 4.74 Å². The first-order chi connectivity index (χ1) is 32.9. The Morgan fingerprint density at radius 3 is 2.31 bits per heavy atom. The Bertz CT molecular complexity index is 2830. The summed E-state index contributed by atoms with van der Waals surface area (Å²) in [5.74, 6) is -0.243. The second-order valence-electron chi connectivity index (χ2n) is 20.8. The Hall–Kier alpha value is -6.04. The van der Waals surface area contributed by atoms with Crippen molar-refractivity contribution in [2.75, 3.05) is 49.6 Å². The van der Waals surface area contributed by atoms with E-state index in [1.807, 2.05) is 42.2 Å². The van der Waals surface area contributed by atoms with Crippen LogP contribution in [-0.2, 0) is 43.0 Å². The zero-order valence-corrected chi connectivity index (χ0v) is 40.0. The molecule has 5 aromatic carbocycles. The lowest BCUT2D eigenvalue weighted by Crippen LogP contribution is -2.54. The molecule has 5 aromatic rings. The van der Waals surface area contributed by atoms with Gasteiger partial charge in [0.15, 0.2) is 0 Å². The fourth-order valence-corrected chi connectivity index (χ4v) is 13.3. The van der Waals surface area contributed by atoms with E-state index in [1.165, 1.54) is 44.2 Å². The van der Waals surface area contributed by atoms with Crippen molar-refractivity contribution in [2.24, 2.45) is 0 Å². The van der Waals surface area contributed by atoms with Crippen LogP contribution in [0.25, 0.3) is 21.9 Å². The lowest BCUT2D eigenvalue weighted by Gasteiger charge is -2.49. The molecule has 352 valence electrons. The minimum Gasteiger partial charge on any atom is -0.444 e. The largest absolute Gasteiger partial charge is 0.444 e. The van der Waals surface area contributed by atoms with E-state index < -0.39 is 11.5 Å². The number of hydrogen-bond donors (Lipinski definition) is 2. The number of anilines is 2. The molecule has 4 amide bonds. The predicted molar refractivity (Wildman–Crippen MR) is 267 cm³/mol. The van der Waals surface area contributed by atoms with Crippen LogP contribution in [0.1, 0.15) is 105 Å². The van der Waals surface area contributed by atoms with Crippen molar-refractivity contribution in [1.82, 2.24) is 20.4 Å². The highest BCUT2D eigenvalue weighted by Gasteiger charge is 2.51. The van der Waals surface area contributed by atoms with E-state index in [0.29, 0.717) is 13.0 Å². The number of ether oxygens (including phenoxy) is 1. The molecular formula is C57H64N6O5. The molecule has 0 spiro atoms. The quantitative estimate of drug-likeness (QED) is 0.144. The Morgan fingerprint density at radius 1 is 0.809 bits per heavy atom. The molecule has 5 aliphatic heterocycles. The molecule has 5 heterocycles. The number of cyclic esters (lactones) is 1. The maximum Gasteiger partial charge on any atom is 0.407 e. The van der Waals surface area contributed by atoms with Gasteiger partial charge in [0.2, 0.25) is 17.7 Å². The number of alkyl carbamates (subject to hydrolysis) is 1. The summed E-state index contributed by atoms with van der Waals surface area (Å²) in [5, 5.41) is 8.10. The number of benzene rings is 5. The van der Waals surface area contributed by atoms with Gasteiger partial charge >= 0.3 is 6.09 Å². The molecule has 11 rings (SSSR count). The van der Waals surface area contributed by atoms with Gasteiger partial charge in [-0.3, -0.25) is 24.2 Å². The second kappa shape index (κ2) is 17.5. The number of para-hydroxylation sites is 2. The second-order valence-corrected chi connectivity index (χ2v) is 20.8. The predicted octanol–water partition coefficient (Wildman–Crippen LogP) is 8.87. The minimum absolute atomic E-state index is 0.0429. The Labute approximate surface area is 400 Å². The zero-order valence-electron chi connectivity index (χ0n) is 40.0. The zero-order chi connectivity index (χ0) is 46.9. The van der Waals surface area contributed by atoms with E-state index in [-0.39, 0.29) is 53.8 Å². The third-order valence-corrected chi connectivity index (χ3v) is 16.9. The van der Waals surface area contributed by atoms with E-state index in [9.17, 15) is 19.2 Å². The highest BCUT2D eigenvalue weighted by molar-refractivity contribution is 6.10. The summed E-state index contributed by atoms with van der Waals surface area (Å²) in [6.07, 6.45) is 6.83. The Morgan fingerprint density at radius 2 is 1.54 bits per heavy atom. The van der Waals surface area contributed by atoms with Gasteiger partial charge in [-0.25, -0.2) is 4.79 Å². The first-order valence-corrected chi connectivity index (χ1v) is 25.1. The number of aryl methyl sites for hydroxylation is 2. The van der Waals surface area contributed by atoms with Crippen molar-refractivity contribution in [1.29, 1.82) is 0 Å². The highest BCUT2D eigenvalue weighted by Crippen LogP contribution is 2.49. The van der Waals surface area contributed by atoms with Crippen LogP contribution in [0.4, 0.5) is 16.2 Å². The van der Waals surface area contributed by atoms with Crippen molar-refractivity contribution in [3.8, 4) is 11.1 Å². The third-order valence-electron chi connectivity index (χ3n) is 16.9. The Balaban J connectivity index is 0.780. The van der Waals surface area contributed by atoms with E-state index in [1.54, 1.807) is 7.05 Å². The number of hydrogen-bond acceptors (Lipinski definition) is 7. The van der Waals surface area contributed by atoms with Crippen LogP contribution >= 0.6 is 0 Å². The molecule has 0 bridgehead atoms. The summed E-state index contributed by atoms with van der Waals surface area (Å²) in [5.41, 5.74) is 11.0.